The smallest absolute Gasteiger partial charge is 0.266 e. The lowest BCUT2D eigenvalue weighted by Crippen LogP contribution is -1.93. The highest BCUT2D eigenvalue weighted by Crippen LogP contribution is 2.43. The number of carbonyl (C=O) groups excluding carboxylic acids is 1. The minimum atomic E-state index is -0.421. The molecular weight excluding hydrogens is 236 g/mol. The summed E-state index contributed by atoms with van der Waals surface area (Å²) in [5.41, 5.74) is 4.64. The van der Waals surface area contributed by atoms with E-state index in [4.69, 9.17) is 0 Å². The van der Waals surface area contributed by atoms with Gasteiger partial charge in [-0.2, -0.15) is 5.26 Å². The van der Waals surface area contributed by atoms with Gasteiger partial charge in [-0.1, -0.05) is 30.3 Å². The van der Waals surface area contributed by atoms with E-state index in [9.17, 15) is 10.1 Å². The molecule has 0 N–H and O–H groups in total. The highest BCUT2D eigenvalue weighted by Gasteiger charge is 2.35. The minimum absolute atomic E-state index is 0.163. The zero-order valence-corrected chi connectivity index (χ0v) is 10.2. The monoisotopic (exact) mass is 244 g/mol. The molecule has 2 aromatic carbocycles. The molecular formula is C16H8N2O. The van der Waals surface area contributed by atoms with Crippen LogP contribution in [0.2, 0.25) is 0 Å². The lowest BCUT2D eigenvalue weighted by atomic mass is 9.98. The molecule has 0 spiro atoms. The summed E-state index contributed by atoms with van der Waals surface area (Å²) in [7, 11) is 0. The van der Waals surface area contributed by atoms with Gasteiger partial charge in [0.1, 0.15) is 11.6 Å². The standard InChI is InChI=1S/C16H8N2O/c1-8-5-6-10-13-9(8)3-2-4-11(13)15-14(10)12(7-17)16(19)18-15/h2-6H,1H3. The van der Waals surface area contributed by atoms with Gasteiger partial charge in [0.05, 0.1) is 5.71 Å². The van der Waals surface area contributed by atoms with Gasteiger partial charge in [0.15, 0.2) is 0 Å². The lowest BCUT2D eigenvalue weighted by molar-refractivity contribution is -0.113. The van der Waals surface area contributed by atoms with Gasteiger partial charge in [0, 0.05) is 11.1 Å². The average molecular weight is 244 g/mol. The summed E-state index contributed by atoms with van der Waals surface area (Å²) in [6, 6.07) is 12.0. The molecule has 4 rings (SSSR count). The van der Waals surface area contributed by atoms with E-state index >= 15 is 0 Å². The topological polar surface area (TPSA) is 53.2 Å². The summed E-state index contributed by atoms with van der Waals surface area (Å²) in [5, 5.41) is 11.4. The third-order valence-electron chi connectivity index (χ3n) is 3.81. The summed E-state index contributed by atoms with van der Waals surface area (Å²) in [6.07, 6.45) is 0. The van der Waals surface area contributed by atoms with Crippen molar-refractivity contribution in [3.63, 3.8) is 0 Å². The molecule has 19 heavy (non-hydrogen) atoms. The zero-order valence-electron chi connectivity index (χ0n) is 10.2. The van der Waals surface area contributed by atoms with Crippen molar-refractivity contribution in [2.45, 2.75) is 6.92 Å². The van der Waals surface area contributed by atoms with Crippen LogP contribution in [0.15, 0.2) is 40.9 Å². The maximum atomic E-state index is 11.7. The van der Waals surface area contributed by atoms with Crippen LogP contribution in [0.4, 0.5) is 0 Å². The number of aliphatic imine (C=N–C) groups is 1. The first-order chi connectivity index (χ1) is 9.22. The van der Waals surface area contributed by atoms with Crippen LogP contribution in [0, 0.1) is 18.3 Å². The van der Waals surface area contributed by atoms with Crippen LogP contribution in [0.3, 0.4) is 0 Å². The van der Waals surface area contributed by atoms with Gasteiger partial charge in [-0.25, -0.2) is 4.99 Å². The molecule has 0 saturated carbocycles. The van der Waals surface area contributed by atoms with Gasteiger partial charge >= 0.3 is 0 Å². The highest BCUT2D eigenvalue weighted by atomic mass is 16.1. The van der Waals surface area contributed by atoms with E-state index in [2.05, 4.69) is 18.0 Å². The Hall–Kier alpha value is -2.73. The van der Waals surface area contributed by atoms with E-state index in [-0.39, 0.29) is 5.57 Å². The fourth-order valence-corrected chi connectivity index (χ4v) is 2.96. The lowest BCUT2D eigenvalue weighted by Gasteiger charge is -2.04. The first-order valence-corrected chi connectivity index (χ1v) is 6.03. The van der Waals surface area contributed by atoms with Crippen molar-refractivity contribution < 1.29 is 4.79 Å². The number of hydrogen-bond donors (Lipinski definition) is 0. The Bertz CT molecular complexity index is 895. The second-order valence-corrected chi connectivity index (χ2v) is 4.79. The Morgan fingerprint density at radius 3 is 2.79 bits per heavy atom. The van der Waals surface area contributed by atoms with Crippen molar-refractivity contribution in [2.24, 2.45) is 4.99 Å². The summed E-state index contributed by atoms with van der Waals surface area (Å²) in [5.74, 6) is -0.421. The van der Waals surface area contributed by atoms with Crippen LogP contribution in [0.1, 0.15) is 16.7 Å². The molecule has 0 bridgehead atoms. The number of rotatable bonds is 0. The number of amides is 1. The minimum Gasteiger partial charge on any atom is -0.266 e. The van der Waals surface area contributed by atoms with E-state index in [0.717, 1.165) is 21.9 Å². The molecule has 0 atom stereocenters. The molecule has 1 aliphatic heterocycles. The van der Waals surface area contributed by atoms with Crippen LogP contribution in [0.25, 0.3) is 16.3 Å². The molecule has 2 aromatic rings. The van der Waals surface area contributed by atoms with Crippen molar-refractivity contribution in [3.05, 3.63) is 52.6 Å². The van der Waals surface area contributed by atoms with Crippen LogP contribution in [0.5, 0.6) is 0 Å². The van der Waals surface area contributed by atoms with E-state index in [1.807, 2.05) is 30.3 Å². The largest absolute Gasteiger partial charge is 0.288 e. The Labute approximate surface area is 109 Å². The van der Waals surface area contributed by atoms with Crippen molar-refractivity contribution in [3.8, 4) is 6.07 Å². The summed E-state index contributed by atoms with van der Waals surface area (Å²) in [4.78, 5) is 15.8. The van der Waals surface area contributed by atoms with Crippen LogP contribution in [-0.2, 0) is 4.79 Å². The fourth-order valence-electron chi connectivity index (χ4n) is 2.96. The maximum Gasteiger partial charge on any atom is 0.288 e. The van der Waals surface area contributed by atoms with Gasteiger partial charge in [-0.05, 0) is 28.8 Å². The van der Waals surface area contributed by atoms with Crippen molar-refractivity contribution >= 4 is 28.0 Å². The maximum absolute atomic E-state index is 11.7. The molecule has 3 heteroatoms. The molecule has 1 amide bonds. The molecule has 1 heterocycles. The molecule has 88 valence electrons. The van der Waals surface area contributed by atoms with Crippen LogP contribution >= 0.6 is 0 Å². The first-order valence-electron chi connectivity index (χ1n) is 6.03. The van der Waals surface area contributed by atoms with Gasteiger partial charge < -0.3 is 0 Å². The van der Waals surface area contributed by atoms with E-state index in [1.165, 1.54) is 5.56 Å². The molecule has 3 nitrogen and oxygen atoms in total. The molecule has 0 fully saturated rings. The second-order valence-electron chi connectivity index (χ2n) is 4.79. The zero-order chi connectivity index (χ0) is 13.1. The van der Waals surface area contributed by atoms with Crippen LogP contribution < -0.4 is 0 Å². The molecule has 1 aliphatic carbocycles. The van der Waals surface area contributed by atoms with E-state index in [0.29, 0.717) is 11.3 Å². The molecule has 2 aliphatic rings. The predicted octanol–water partition coefficient (Wildman–Crippen LogP) is 2.77. The SMILES string of the molecule is Cc1ccc2c3c(cccc13)C1=NC(=O)C(C#N)=C12. The van der Waals surface area contributed by atoms with E-state index in [1.54, 1.807) is 0 Å². The number of benzene rings is 2. The second kappa shape index (κ2) is 3.18. The van der Waals surface area contributed by atoms with Gasteiger partial charge in [0.2, 0.25) is 0 Å². The number of nitrogens with zero attached hydrogens (tertiary/aromatic N) is 2. The average Bonchev–Trinajstić information content (AvgIpc) is 2.89. The third-order valence-corrected chi connectivity index (χ3v) is 3.81. The first kappa shape index (κ1) is 10.2. The number of hydrogen-bond acceptors (Lipinski definition) is 2. The third kappa shape index (κ3) is 1.06. The number of allylic oxidation sites excluding steroid dienone is 1. The molecule has 0 aromatic heterocycles. The predicted molar refractivity (Wildman–Crippen MR) is 72.8 cm³/mol. The Kier molecular flexibility index (Phi) is 1.71. The van der Waals surface area contributed by atoms with Gasteiger partial charge in [-0.15, -0.1) is 0 Å². The normalized spacial score (nSPS) is 15.8. The molecule has 0 radical (unpaired) electrons. The summed E-state index contributed by atoms with van der Waals surface area (Å²) < 4.78 is 0. The quantitative estimate of drug-likeness (QED) is 0.715. The van der Waals surface area contributed by atoms with Crippen molar-refractivity contribution in [1.29, 1.82) is 5.26 Å². The number of fused-ring (bicyclic) bond motifs is 3. The van der Waals surface area contributed by atoms with E-state index < -0.39 is 5.91 Å². The summed E-state index contributed by atoms with van der Waals surface area (Å²) >= 11 is 0. The number of carbonyl (C=O) groups is 1. The van der Waals surface area contributed by atoms with Crippen LogP contribution in [-0.4, -0.2) is 11.6 Å². The Morgan fingerprint density at radius 2 is 2.00 bits per heavy atom. The highest BCUT2D eigenvalue weighted by molar-refractivity contribution is 6.50. The van der Waals surface area contributed by atoms with Gasteiger partial charge in [0.25, 0.3) is 5.91 Å². The summed E-state index contributed by atoms with van der Waals surface area (Å²) in [6.45, 7) is 2.06. The number of nitriles is 1. The van der Waals surface area contributed by atoms with Gasteiger partial charge in [-0.3, -0.25) is 4.79 Å². The number of aryl methyl sites for hydroxylation is 1. The molecule has 0 unspecified atom stereocenters. The fraction of sp³-hybridized carbons (Fsp3) is 0.0625. The Balaban J connectivity index is 2.26. The Morgan fingerprint density at radius 1 is 1.16 bits per heavy atom. The van der Waals surface area contributed by atoms with Crippen molar-refractivity contribution in [2.75, 3.05) is 0 Å². The molecule has 0 saturated heterocycles. The van der Waals surface area contributed by atoms with Crippen molar-refractivity contribution in [1.82, 2.24) is 0 Å².